The first-order chi connectivity index (χ1) is 13.8. The topological polar surface area (TPSA) is 105 Å². The third kappa shape index (κ3) is 5.13. The van der Waals surface area contributed by atoms with Crippen LogP contribution in [0.2, 0.25) is 0 Å². The minimum atomic E-state index is -1.62. The Kier molecular flexibility index (Phi) is 7.75. The molecule has 2 N–H and O–H groups in total. The zero-order valence-corrected chi connectivity index (χ0v) is 17.7. The van der Waals surface area contributed by atoms with Crippen molar-refractivity contribution in [1.82, 2.24) is 0 Å². The Balaban J connectivity index is 2.62. The van der Waals surface area contributed by atoms with Gasteiger partial charge in [0.15, 0.2) is 0 Å². The van der Waals surface area contributed by atoms with Gasteiger partial charge < -0.3 is 19.8 Å². The maximum absolute atomic E-state index is 12.9. The second-order valence-electron chi connectivity index (χ2n) is 7.00. The van der Waals surface area contributed by atoms with Gasteiger partial charge in [0.25, 0.3) is 0 Å². The highest BCUT2D eigenvalue weighted by atomic mass is 79.9. The Labute approximate surface area is 177 Å². The van der Waals surface area contributed by atoms with E-state index in [1.807, 2.05) is 0 Å². The lowest BCUT2D eigenvalue weighted by Crippen LogP contribution is -2.55. The van der Waals surface area contributed by atoms with Crippen molar-refractivity contribution >= 4 is 33.6 Å². The van der Waals surface area contributed by atoms with Crippen LogP contribution < -0.4 is 0 Å². The number of rotatable bonds is 7. The van der Waals surface area contributed by atoms with E-state index >= 15 is 0 Å². The normalized spacial score (nSPS) is 27.8. The van der Waals surface area contributed by atoms with E-state index in [4.69, 9.17) is 9.47 Å². The monoisotopic (exact) mass is 465 g/mol. The number of hydrogen-bond donors (Lipinski definition) is 2. The second kappa shape index (κ2) is 9.84. The Morgan fingerprint density at radius 3 is 2.28 bits per heavy atom. The molecule has 156 valence electrons. The first kappa shape index (κ1) is 22.8. The number of esters is 2. The number of carbonyl (C=O) groups is 2. The third-order valence-corrected chi connectivity index (χ3v) is 5.39. The molecule has 7 nitrogen and oxygen atoms in total. The maximum atomic E-state index is 12.9. The molecule has 1 aromatic rings. The van der Waals surface area contributed by atoms with Crippen LogP contribution in [-0.4, -0.2) is 46.8 Å². The number of carbonyl (C=O) groups excluding carboxylic acids is 2. The van der Waals surface area contributed by atoms with Crippen LogP contribution in [0.15, 0.2) is 59.2 Å². The Bertz CT molecular complexity index is 802. The van der Waals surface area contributed by atoms with Gasteiger partial charge in [-0.2, -0.15) is 0 Å². The summed E-state index contributed by atoms with van der Waals surface area (Å²) in [6.07, 6.45) is 2.63. The zero-order valence-electron chi connectivity index (χ0n) is 16.1. The molecule has 0 bridgehead atoms. The van der Waals surface area contributed by atoms with Crippen LogP contribution in [0, 0.1) is 11.8 Å². The van der Waals surface area contributed by atoms with Crippen LogP contribution in [0.1, 0.15) is 24.8 Å². The molecule has 1 fully saturated rings. The van der Waals surface area contributed by atoms with Gasteiger partial charge in [-0.25, -0.2) is 0 Å². The Morgan fingerprint density at radius 2 is 1.76 bits per heavy atom. The van der Waals surface area contributed by atoms with Gasteiger partial charge in [-0.15, -0.1) is 0 Å². The molecule has 1 aromatic carbocycles. The minimum Gasteiger partial charge on any atom is -0.461 e. The van der Waals surface area contributed by atoms with Crippen LogP contribution in [0.4, 0.5) is 0 Å². The fourth-order valence-corrected chi connectivity index (χ4v) is 3.95. The summed E-state index contributed by atoms with van der Waals surface area (Å²) in [7, 11) is 0. The molecule has 0 saturated heterocycles. The molecule has 0 aromatic heterocycles. The van der Waals surface area contributed by atoms with Gasteiger partial charge >= 0.3 is 11.9 Å². The highest BCUT2D eigenvalue weighted by Crippen LogP contribution is 2.47. The van der Waals surface area contributed by atoms with Gasteiger partial charge in [0.05, 0.1) is 17.2 Å². The third-order valence-electron chi connectivity index (χ3n) is 4.86. The molecule has 4 atom stereocenters. The fourth-order valence-electron chi connectivity index (χ4n) is 3.69. The number of halogens is 1. The van der Waals surface area contributed by atoms with Gasteiger partial charge in [-0.3, -0.25) is 9.59 Å². The lowest BCUT2D eigenvalue weighted by molar-refractivity contribution is -0.162. The average Bonchev–Trinajstić information content (AvgIpc) is 2.69. The van der Waals surface area contributed by atoms with Crippen LogP contribution in [-0.2, 0) is 19.1 Å². The summed E-state index contributed by atoms with van der Waals surface area (Å²) in [6, 6.07) is 6.97. The van der Waals surface area contributed by atoms with Gasteiger partial charge in [0.1, 0.15) is 19.1 Å². The molecule has 2 rings (SSSR count). The van der Waals surface area contributed by atoms with Gasteiger partial charge in [0, 0.05) is 16.8 Å². The number of benzene rings is 1. The molecule has 0 amide bonds. The van der Waals surface area contributed by atoms with E-state index in [-0.39, 0.29) is 25.3 Å². The van der Waals surface area contributed by atoms with Crippen molar-refractivity contribution in [2.75, 3.05) is 13.2 Å². The van der Waals surface area contributed by atoms with Crippen molar-refractivity contribution in [3.05, 3.63) is 59.6 Å². The maximum Gasteiger partial charge on any atom is 0.315 e. The highest BCUT2D eigenvalue weighted by molar-refractivity contribution is 9.10. The Hall–Kier alpha value is -2.45. The predicted molar refractivity (Wildman–Crippen MR) is 111 cm³/mol. The van der Waals surface area contributed by atoms with Crippen molar-refractivity contribution in [3.63, 3.8) is 0 Å². The number of aliphatic hydroxyl groups is 1. The molecule has 1 aliphatic rings. The standard InChI is InChI=1S/C21H24BrNO6/c1-4-10-28-19(24)17-15(23-27)12-21(3,26)18(20(25)29-11-5-2)16(17)13-6-8-14(22)9-7-13/h4-9,16-18,26-27H,1-2,10-12H2,3H3/b23-15+/t16-,17+,18-,21-/m0/s1. The zero-order chi connectivity index (χ0) is 21.6. The SMILES string of the molecule is C=CCOC(=O)[C@@H]1/C(=N/O)C[C@](C)(O)[C@H](C(=O)OCC=C)[C@H]1c1ccc(Br)cc1. The highest BCUT2D eigenvalue weighted by Gasteiger charge is 2.56. The largest absolute Gasteiger partial charge is 0.461 e. The summed E-state index contributed by atoms with van der Waals surface area (Å²) in [5.41, 5.74) is -0.993. The predicted octanol–water partition coefficient (Wildman–Crippen LogP) is 3.21. The van der Waals surface area contributed by atoms with Crippen molar-refractivity contribution in [2.45, 2.75) is 24.9 Å². The molecule has 1 aliphatic carbocycles. The van der Waals surface area contributed by atoms with Crippen LogP contribution in [0.5, 0.6) is 0 Å². The van der Waals surface area contributed by atoms with Crippen molar-refractivity contribution in [2.24, 2.45) is 17.0 Å². The quantitative estimate of drug-likeness (QED) is 0.277. The van der Waals surface area contributed by atoms with E-state index in [9.17, 15) is 19.9 Å². The van der Waals surface area contributed by atoms with E-state index in [2.05, 4.69) is 34.2 Å². The summed E-state index contributed by atoms with van der Waals surface area (Å²) in [6.45, 7) is 8.42. The van der Waals surface area contributed by atoms with E-state index < -0.39 is 35.3 Å². The van der Waals surface area contributed by atoms with Gasteiger partial charge in [-0.05, 0) is 24.6 Å². The van der Waals surface area contributed by atoms with E-state index in [0.717, 1.165) is 4.47 Å². The van der Waals surface area contributed by atoms with Crippen molar-refractivity contribution in [3.8, 4) is 0 Å². The molecular weight excluding hydrogens is 442 g/mol. The number of oxime groups is 1. The number of ether oxygens (including phenoxy) is 2. The first-order valence-corrected chi connectivity index (χ1v) is 9.79. The van der Waals surface area contributed by atoms with E-state index in [1.54, 1.807) is 24.3 Å². The summed E-state index contributed by atoms with van der Waals surface area (Å²) in [4.78, 5) is 25.7. The van der Waals surface area contributed by atoms with E-state index in [1.165, 1.54) is 19.1 Å². The molecule has 29 heavy (non-hydrogen) atoms. The molecule has 0 aliphatic heterocycles. The molecule has 1 saturated carbocycles. The van der Waals surface area contributed by atoms with Crippen molar-refractivity contribution in [1.29, 1.82) is 0 Å². The molecule has 0 spiro atoms. The number of hydrogen-bond acceptors (Lipinski definition) is 7. The molecule has 0 radical (unpaired) electrons. The van der Waals surface area contributed by atoms with Crippen molar-refractivity contribution < 1.29 is 29.4 Å². The minimum absolute atomic E-state index is 0.0322. The smallest absolute Gasteiger partial charge is 0.315 e. The van der Waals surface area contributed by atoms with Crippen LogP contribution in [0.3, 0.4) is 0 Å². The molecule has 8 heteroatoms. The molecule has 0 heterocycles. The number of nitrogens with zero attached hydrogens (tertiary/aromatic N) is 1. The summed E-state index contributed by atoms with van der Waals surface area (Å²) < 4.78 is 11.2. The van der Waals surface area contributed by atoms with E-state index in [0.29, 0.717) is 5.56 Å². The first-order valence-electron chi connectivity index (χ1n) is 9.00. The Morgan fingerprint density at radius 1 is 1.21 bits per heavy atom. The summed E-state index contributed by atoms with van der Waals surface area (Å²) >= 11 is 3.36. The van der Waals surface area contributed by atoms with Crippen LogP contribution >= 0.6 is 15.9 Å². The molecule has 0 unspecified atom stereocenters. The lowest BCUT2D eigenvalue weighted by atomic mass is 9.61. The van der Waals surface area contributed by atoms with Crippen LogP contribution in [0.25, 0.3) is 0 Å². The van der Waals surface area contributed by atoms with Gasteiger partial charge in [-0.1, -0.05) is 58.5 Å². The summed E-state index contributed by atoms with van der Waals surface area (Å²) in [5, 5.41) is 23.9. The average molecular weight is 466 g/mol. The fraction of sp³-hybridized carbons (Fsp3) is 0.381. The molecular formula is C21H24BrNO6. The van der Waals surface area contributed by atoms with Gasteiger partial charge in [0.2, 0.25) is 0 Å². The lowest BCUT2D eigenvalue weighted by Gasteiger charge is -2.44. The second-order valence-corrected chi connectivity index (χ2v) is 7.91. The summed E-state index contributed by atoms with van der Waals surface area (Å²) in [5.74, 6) is -4.41.